The fraction of sp³-hybridized carbons (Fsp3) is 0. The van der Waals surface area contributed by atoms with Gasteiger partial charge in [-0.1, -0.05) is 12.1 Å². The Hall–Kier alpha value is -2.21. The van der Waals surface area contributed by atoms with Gasteiger partial charge in [-0.15, -0.1) is 10.2 Å². The van der Waals surface area contributed by atoms with Crippen molar-refractivity contribution in [1.82, 2.24) is 14.6 Å². The van der Waals surface area contributed by atoms with Crippen LogP contribution < -0.4 is 0 Å². The second kappa shape index (κ2) is 4.47. The number of halogens is 1. The lowest BCUT2D eigenvalue weighted by Crippen LogP contribution is -1.96. The molecule has 0 aliphatic rings. The first kappa shape index (κ1) is 11.9. The monoisotopic (exact) mass is 317 g/mol. The van der Waals surface area contributed by atoms with E-state index in [1.165, 1.54) is 0 Å². The summed E-state index contributed by atoms with van der Waals surface area (Å²) in [5, 5.41) is 17.1. The minimum atomic E-state index is -0.944. The summed E-state index contributed by atoms with van der Waals surface area (Å²) in [7, 11) is 0. The maximum absolute atomic E-state index is 10.8. The van der Waals surface area contributed by atoms with E-state index in [-0.39, 0.29) is 5.56 Å². The molecule has 2 aromatic heterocycles. The minimum Gasteiger partial charge on any atom is -0.478 e. The molecular formula is C13H8BrN3O2. The van der Waals surface area contributed by atoms with Crippen molar-refractivity contribution < 1.29 is 9.90 Å². The molecule has 2 heterocycles. The van der Waals surface area contributed by atoms with E-state index in [0.29, 0.717) is 5.82 Å². The Kier molecular flexibility index (Phi) is 2.79. The summed E-state index contributed by atoms with van der Waals surface area (Å²) in [5.41, 5.74) is 1.79. The smallest absolute Gasteiger partial charge is 0.335 e. The van der Waals surface area contributed by atoms with Gasteiger partial charge in [-0.25, -0.2) is 4.79 Å². The van der Waals surface area contributed by atoms with Gasteiger partial charge < -0.3 is 5.11 Å². The second-order valence-electron chi connectivity index (χ2n) is 3.96. The molecule has 0 aliphatic heterocycles. The number of pyridine rings is 1. The van der Waals surface area contributed by atoms with E-state index in [0.717, 1.165) is 15.7 Å². The summed E-state index contributed by atoms with van der Waals surface area (Å²) in [4.78, 5) is 10.8. The molecule has 6 heteroatoms. The van der Waals surface area contributed by atoms with Crippen LogP contribution in [0.15, 0.2) is 47.1 Å². The lowest BCUT2D eigenvalue weighted by molar-refractivity contribution is 0.0697. The normalized spacial score (nSPS) is 10.8. The Balaban J connectivity index is 2.14. The SMILES string of the molecule is O=C(O)c1ccc(-c2nnc3c(Br)cccn23)cc1. The van der Waals surface area contributed by atoms with Crippen molar-refractivity contribution in [3.63, 3.8) is 0 Å². The molecule has 0 bridgehead atoms. The number of nitrogens with zero attached hydrogens (tertiary/aromatic N) is 3. The number of aromatic nitrogens is 3. The van der Waals surface area contributed by atoms with Crippen molar-refractivity contribution in [1.29, 1.82) is 0 Å². The number of hydrogen-bond donors (Lipinski definition) is 1. The summed E-state index contributed by atoms with van der Waals surface area (Å²) in [5.74, 6) is -0.270. The summed E-state index contributed by atoms with van der Waals surface area (Å²) in [6, 6.07) is 10.3. The zero-order valence-corrected chi connectivity index (χ0v) is 11.2. The molecule has 0 aliphatic carbocycles. The van der Waals surface area contributed by atoms with E-state index >= 15 is 0 Å². The molecule has 0 atom stereocenters. The van der Waals surface area contributed by atoms with E-state index in [1.807, 2.05) is 22.7 Å². The molecule has 94 valence electrons. The van der Waals surface area contributed by atoms with Gasteiger partial charge in [0, 0.05) is 11.8 Å². The highest BCUT2D eigenvalue weighted by atomic mass is 79.9. The molecule has 1 aromatic carbocycles. The zero-order chi connectivity index (χ0) is 13.4. The van der Waals surface area contributed by atoms with Crippen molar-refractivity contribution >= 4 is 27.5 Å². The molecular weight excluding hydrogens is 310 g/mol. The van der Waals surface area contributed by atoms with Crippen molar-refractivity contribution in [2.75, 3.05) is 0 Å². The number of carboxylic acids is 1. The van der Waals surface area contributed by atoms with Crippen LogP contribution in [0.1, 0.15) is 10.4 Å². The lowest BCUT2D eigenvalue weighted by atomic mass is 10.1. The van der Waals surface area contributed by atoms with Gasteiger partial charge in [-0.3, -0.25) is 4.40 Å². The van der Waals surface area contributed by atoms with Crippen LogP contribution in [-0.4, -0.2) is 25.7 Å². The van der Waals surface area contributed by atoms with Crippen LogP contribution in [0.5, 0.6) is 0 Å². The van der Waals surface area contributed by atoms with Gasteiger partial charge in [0.2, 0.25) is 0 Å². The molecule has 0 amide bonds. The number of benzene rings is 1. The number of fused-ring (bicyclic) bond motifs is 1. The fourth-order valence-corrected chi connectivity index (χ4v) is 2.27. The standard InChI is InChI=1S/C13H8BrN3O2/c14-10-2-1-7-17-11(15-16-12(10)17)8-3-5-9(6-4-8)13(18)19/h1-7H,(H,18,19). The number of aromatic carboxylic acids is 1. The first-order valence-electron chi connectivity index (χ1n) is 5.50. The summed E-state index contributed by atoms with van der Waals surface area (Å²) in [6.45, 7) is 0. The van der Waals surface area contributed by atoms with Gasteiger partial charge in [0.25, 0.3) is 0 Å². The average Bonchev–Trinajstić information content (AvgIpc) is 2.84. The summed E-state index contributed by atoms with van der Waals surface area (Å²) >= 11 is 3.41. The van der Waals surface area contributed by atoms with Gasteiger partial charge in [0.1, 0.15) is 0 Å². The maximum Gasteiger partial charge on any atom is 0.335 e. The average molecular weight is 318 g/mol. The summed E-state index contributed by atoms with van der Waals surface area (Å²) < 4.78 is 2.70. The highest BCUT2D eigenvalue weighted by Crippen LogP contribution is 2.22. The highest BCUT2D eigenvalue weighted by Gasteiger charge is 2.10. The zero-order valence-electron chi connectivity index (χ0n) is 9.62. The third-order valence-corrected chi connectivity index (χ3v) is 3.40. The van der Waals surface area contributed by atoms with Crippen LogP contribution in [0.2, 0.25) is 0 Å². The molecule has 0 saturated heterocycles. The van der Waals surface area contributed by atoms with Crippen LogP contribution in [0, 0.1) is 0 Å². The van der Waals surface area contributed by atoms with E-state index in [9.17, 15) is 4.79 Å². The Labute approximate surface area is 116 Å². The number of hydrogen-bond acceptors (Lipinski definition) is 3. The Morgan fingerprint density at radius 3 is 2.58 bits per heavy atom. The second-order valence-corrected chi connectivity index (χ2v) is 4.81. The molecule has 3 rings (SSSR count). The third-order valence-electron chi connectivity index (χ3n) is 2.78. The van der Waals surface area contributed by atoms with Crippen LogP contribution in [-0.2, 0) is 0 Å². The predicted octanol–water partition coefficient (Wildman–Crippen LogP) is 2.86. The lowest BCUT2D eigenvalue weighted by Gasteiger charge is -2.01. The Morgan fingerprint density at radius 1 is 1.16 bits per heavy atom. The van der Waals surface area contributed by atoms with E-state index in [2.05, 4.69) is 26.1 Å². The summed E-state index contributed by atoms with van der Waals surface area (Å²) in [6.07, 6.45) is 1.86. The van der Waals surface area contributed by atoms with Gasteiger partial charge in [0.05, 0.1) is 10.0 Å². The van der Waals surface area contributed by atoms with Crippen LogP contribution >= 0.6 is 15.9 Å². The molecule has 19 heavy (non-hydrogen) atoms. The van der Waals surface area contributed by atoms with Crippen molar-refractivity contribution in [3.8, 4) is 11.4 Å². The first-order valence-corrected chi connectivity index (χ1v) is 6.29. The van der Waals surface area contributed by atoms with Gasteiger partial charge in [-0.2, -0.15) is 0 Å². The molecule has 1 N–H and O–H groups in total. The minimum absolute atomic E-state index is 0.249. The Bertz CT molecular complexity index is 765. The predicted molar refractivity (Wildman–Crippen MR) is 73.1 cm³/mol. The molecule has 0 saturated carbocycles. The van der Waals surface area contributed by atoms with E-state index in [4.69, 9.17) is 5.11 Å². The van der Waals surface area contributed by atoms with Crippen molar-refractivity contribution in [3.05, 3.63) is 52.6 Å². The highest BCUT2D eigenvalue weighted by molar-refractivity contribution is 9.10. The van der Waals surface area contributed by atoms with E-state index < -0.39 is 5.97 Å². The number of rotatable bonds is 2. The number of carboxylic acid groups (broad SMARTS) is 1. The molecule has 0 fully saturated rings. The Morgan fingerprint density at radius 2 is 1.89 bits per heavy atom. The third kappa shape index (κ3) is 2.00. The maximum atomic E-state index is 10.8. The van der Waals surface area contributed by atoms with Crippen LogP contribution in [0.3, 0.4) is 0 Å². The van der Waals surface area contributed by atoms with Crippen LogP contribution in [0.4, 0.5) is 0 Å². The molecule has 0 unspecified atom stereocenters. The molecule has 0 radical (unpaired) electrons. The van der Waals surface area contributed by atoms with Gasteiger partial charge in [0.15, 0.2) is 11.5 Å². The first-order chi connectivity index (χ1) is 9.16. The molecule has 0 spiro atoms. The number of carbonyl (C=O) groups is 1. The van der Waals surface area contributed by atoms with Gasteiger partial charge in [-0.05, 0) is 40.2 Å². The molecule has 5 nitrogen and oxygen atoms in total. The fourth-order valence-electron chi connectivity index (χ4n) is 1.84. The van der Waals surface area contributed by atoms with Crippen LogP contribution in [0.25, 0.3) is 17.0 Å². The topological polar surface area (TPSA) is 67.5 Å². The van der Waals surface area contributed by atoms with Gasteiger partial charge >= 0.3 is 5.97 Å². The molecule has 3 aromatic rings. The van der Waals surface area contributed by atoms with Crippen molar-refractivity contribution in [2.24, 2.45) is 0 Å². The quantitative estimate of drug-likeness (QED) is 0.789. The van der Waals surface area contributed by atoms with Crippen molar-refractivity contribution in [2.45, 2.75) is 0 Å². The van der Waals surface area contributed by atoms with E-state index in [1.54, 1.807) is 24.3 Å². The largest absolute Gasteiger partial charge is 0.478 e.